The zero-order valence-electron chi connectivity index (χ0n) is 16.6. The molecule has 0 spiro atoms. The predicted molar refractivity (Wildman–Crippen MR) is 108 cm³/mol. The number of hydrogen-bond donors (Lipinski definition) is 4. The van der Waals surface area contributed by atoms with Crippen molar-refractivity contribution in [2.75, 3.05) is 0 Å². The first-order chi connectivity index (χ1) is 13.3. The highest BCUT2D eigenvalue weighted by molar-refractivity contribution is 6.43. The van der Waals surface area contributed by atoms with Gasteiger partial charge in [0.05, 0.1) is 12.1 Å². The van der Waals surface area contributed by atoms with Gasteiger partial charge in [0, 0.05) is 12.4 Å². The molecule has 4 N–H and O–H groups in total. The average molecular weight is 388 g/mol. The molecule has 0 aromatic carbocycles. The van der Waals surface area contributed by atoms with Crippen LogP contribution in [-0.4, -0.2) is 50.9 Å². The van der Waals surface area contributed by atoms with Crippen LogP contribution in [0.3, 0.4) is 0 Å². The Morgan fingerprint density at radius 3 is 2.54 bits per heavy atom. The number of amides is 2. The van der Waals surface area contributed by atoms with Crippen LogP contribution in [0.1, 0.15) is 50.5 Å². The van der Waals surface area contributed by atoms with E-state index in [1.165, 1.54) is 18.6 Å². The number of carbonyl (C=O) groups excluding carboxylic acids is 2. The van der Waals surface area contributed by atoms with Crippen LogP contribution in [0.4, 0.5) is 0 Å². The molecule has 152 valence electrons. The molecular formula is C19H29BN4O4. The Kier molecular flexibility index (Phi) is 10.8. The van der Waals surface area contributed by atoms with Gasteiger partial charge < -0.3 is 20.7 Å². The Balaban J connectivity index is 2.85. The van der Waals surface area contributed by atoms with Crippen LogP contribution in [0.25, 0.3) is 0 Å². The van der Waals surface area contributed by atoms with Crippen molar-refractivity contribution >= 4 is 18.9 Å². The SMILES string of the molecule is C/C=C\C=C/CCC(NC(=O)c1cnccn1)C(=O)N[C@@H](CC(C)C)B(O)O. The van der Waals surface area contributed by atoms with Crippen LogP contribution < -0.4 is 10.6 Å². The molecule has 0 radical (unpaired) electrons. The van der Waals surface area contributed by atoms with Crippen LogP contribution in [0.15, 0.2) is 42.9 Å². The van der Waals surface area contributed by atoms with Gasteiger partial charge in [0.15, 0.2) is 0 Å². The molecule has 1 unspecified atom stereocenters. The Morgan fingerprint density at radius 1 is 1.21 bits per heavy atom. The molecule has 8 nitrogen and oxygen atoms in total. The summed E-state index contributed by atoms with van der Waals surface area (Å²) in [5.74, 6) is -1.66. The number of carbonyl (C=O) groups is 2. The molecular weight excluding hydrogens is 359 g/mol. The number of nitrogens with zero attached hydrogens (tertiary/aromatic N) is 2. The van der Waals surface area contributed by atoms with Gasteiger partial charge in [0.2, 0.25) is 5.91 Å². The van der Waals surface area contributed by atoms with Crippen LogP contribution in [0.2, 0.25) is 0 Å². The van der Waals surface area contributed by atoms with E-state index in [1.54, 1.807) is 0 Å². The summed E-state index contributed by atoms with van der Waals surface area (Å²) >= 11 is 0. The van der Waals surface area contributed by atoms with Gasteiger partial charge in [0.25, 0.3) is 5.91 Å². The van der Waals surface area contributed by atoms with Gasteiger partial charge in [-0.2, -0.15) is 0 Å². The van der Waals surface area contributed by atoms with Crippen molar-refractivity contribution in [3.8, 4) is 0 Å². The second-order valence-electron chi connectivity index (χ2n) is 6.81. The fraction of sp³-hybridized carbons (Fsp3) is 0.474. The summed E-state index contributed by atoms with van der Waals surface area (Å²) in [6.45, 7) is 5.73. The topological polar surface area (TPSA) is 124 Å². The van der Waals surface area contributed by atoms with Gasteiger partial charge >= 0.3 is 7.12 Å². The Morgan fingerprint density at radius 2 is 1.96 bits per heavy atom. The zero-order valence-corrected chi connectivity index (χ0v) is 16.6. The second kappa shape index (κ2) is 12.8. The lowest BCUT2D eigenvalue weighted by Crippen LogP contribution is -2.54. The van der Waals surface area contributed by atoms with Crippen LogP contribution in [0.5, 0.6) is 0 Å². The fourth-order valence-corrected chi connectivity index (χ4v) is 2.51. The Labute approximate surface area is 166 Å². The van der Waals surface area contributed by atoms with Gasteiger partial charge in [-0.25, -0.2) is 4.98 Å². The van der Waals surface area contributed by atoms with Crippen molar-refractivity contribution in [1.29, 1.82) is 0 Å². The lowest BCUT2D eigenvalue weighted by Gasteiger charge is -2.24. The van der Waals surface area contributed by atoms with Crippen molar-refractivity contribution in [3.63, 3.8) is 0 Å². The number of hydrogen-bond acceptors (Lipinski definition) is 6. The van der Waals surface area contributed by atoms with Gasteiger partial charge in [0.1, 0.15) is 11.7 Å². The minimum absolute atomic E-state index is 0.102. The number of aromatic nitrogens is 2. The van der Waals surface area contributed by atoms with Crippen LogP contribution in [0, 0.1) is 5.92 Å². The number of nitrogens with one attached hydrogen (secondary N) is 2. The van der Waals surface area contributed by atoms with E-state index in [-0.39, 0.29) is 11.6 Å². The molecule has 0 bridgehead atoms. The standard InChI is InChI=1S/C19H29BN4O4/c1-4-5-6-7-8-9-15(23-19(26)16-13-21-10-11-22-16)18(25)24-17(20(27)28)12-14(2)3/h4-7,10-11,13-15,17,27-28H,8-9,12H2,1-3H3,(H,23,26)(H,24,25)/b5-4-,7-6-/t15?,17-/m0/s1. The van der Waals surface area contributed by atoms with Gasteiger partial charge in [-0.1, -0.05) is 38.2 Å². The van der Waals surface area contributed by atoms with E-state index >= 15 is 0 Å². The molecule has 0 saturated heterocycles. The third-order valence-corrected chi connectivity index (χ3v) is 3.89. The van der Waals surface area contributed by atoms with Gasteiger partial charge in [-0.3, -0.25) is 14.6 Å². The van der Waals surface area contributed by atoms with Gasteiger partial charge in [-0.15, -0.1) is 0 Å². The molecule has 0 aliphatic rings. The van der Waals surface area contributed by atoms with E-state index in [2.05, 4.69) is 20.6 Å². The van der Waals surface area contributed by atoms with Crippen molar-refractivity contribution in [3.05, 3.63) is 48.6 Å². The van der Waals surface area contributed by atoms with E-state index in [9.17, 15) is 19.6 Å². The van der Waals surface area contributed by atoms with E-state index in [0.29, 0.717) is 19.3 Å². The first-order valence-corrected chi connectivity index (χ1v) is 9.36. The maximum atomic E-state index is 12.7. The number of rotatable bonds is 11. The van der Waals surface area contributed by atoms with Crippen LogP contribution >= 0.6 is 0 Å². The molecule has 0 fully saturated rings. The number of allylic oxidation sites excluding steroid dienone is 4. The molecule has 1 aromatic rings. The summed E-state index contributed by atoms with van der Waals surface area (Å²) in [6, 6.07) is -0.849. The van der Waals surface area contributed by atoms with E-state index < -0.39 is 30.9 Å². The van der Waals surface area contributed by atoms with Gasteiger partial charge in [-0.05, 0) is 32.1 Å². The predicted octanol–water partition coefficient (Wildman–Crippen LogP) is 1.03. The zero-order chi connectivity index (χ0) is 20.9. The molecule has 2 amide bonds. The molecule has 1 heterocycles. The first-order valence-electron chi connectivity index (χ1n) is 9.36. The summed E-state index contributed by atoms with van der Waals surface area (Å²) in [5, 5.41) is 24.4. The monoisotopic (exact) mass is 388 g/mol. The highest BCUT2D eigenvalue weighted by Crippen LogP contribution is 2.08. The Hall–Kier alpha value is -2.52. The van der Waals surface area contributed by atoms with Crippen LogP contribution in [-0.2, 0) is 4.79 Å². The smallest absolute Gasteiger partial charge is 0.426 e. The molecule has 0 aliphatic carbocycles. The average Bonchev–Trinajstić information content (AvgIpc) is 2.66. The van der Waals surface area contributed by atoms with Crippen molar-refractivity contribution in [2.45, 2.75) is 52.0 Å². The lowest BCUT2D eigenvalue weighted by atomic mass is 9.75. The Bertz CT molecular complexity index is 665. The van der Waals surface area contributed by atoms with Crippen molar-refractivity contribution in [2.24, 2.45) is 5.92 Å². The quantitative estimate of drug-likeness (QED) is 0.332. The molecule has 2 atom stereocenters. The maximum Gasteiger partial charge on any atom is 0.475 e. The second-order valence-corrected chi connectivity index (χ2v) is 6.81. The largest absolute Gasteiger partial charge is 0.475 e. The van der Waals surface area contributed by atoms with E-state index in [4.69, 9.17) is 0 Å². The van der Waals surface area contributed by atoms with E-state index in [0.717, 1.165) is 0 Å². The van der Waals surface area contributed by atoms with Crippen molar-refractivity contribution in [1.82, 2.24) is 20.6 Å². The van der Waals surface area contributed by atoms with E-state index in [1.807, 2.05) is 45.1 Å². The summed E-state index contributed by atoms with van der Waals surface area (Å²) in [6.07, 6.45) is 13.0. The minimum atomic E-state index is -1.68. The summed E-state index contributed by atoms with van der Waals surface area (Å²) in [4.78, 5) is 32.9. The lowest BCUT2D eigenvalue weighted by molar-refractivity contribution is -0.123. The highest BCUT2D eigenvalue weighted by Gasteiger charge is 2.29. The molecule has 28 heavy (non-hydrogen) atoms. The fourth-order valence-electron chi connectivity index (χ4n) is 2.51. The maximum absolute atomic E-state index is 12.7. The normalized spacial score (nSPS) is 13.6. The minimum Gasteiger partial charge on any atom is -0.426 e. The first kappa shape index (κ1) is 23.5. The molecule has 0 saturated carbocycles. The molecule has 0 aliphatic heterocycles. The molecule has 1 rings (SSSR count). The summed E-state index contributed by atoms with van der Waals surface area (Å²) < 4.78 is 0. The molecule has 1 aromatic heterocycles. The molecule has 9 heteroatoms. The summed E-state index contributed by atoms with van der Waals surface area (Å²) in [7, 11) is -1.68. The van der Waals surface area contributed by atoms with Crippen molar-refractivity contribution < 1.29 is 19.6 Å². The third-order valence-electron chi connectivity index (χ3n) is 3.89. The third kappa shape index (κ3) is 8.92. The highest BCUT2D eigenvalue weighted by atomic mass is 16.4. The summed E-state index contributed by atoms with van der Waals surface area (Å²) in [5.41, 5.74) is 0.102.